The number of fused-ring (bicyclic) bond motifs is 1. The minimum absolute atomic E-state index is 0.155. The molecule has 132 valence electrons. The number of carbonyl (C=O) groups excluding carboxylic acids is 1. The van der Waals surface area contributed by atoms with E-state index in [0.717, 1.165) is 16.9 Å². The van der Waals surface area contributed by atoms with Gasteiger partial charge in [-0.05, 0) is 58.2 Å². The topological polar surface area (TPSA) is 58.2 Å². The smallest absolute Gasteiger partial charge is 0.410 e. The van der Waals surface area contributed by atoms with Crippen molar-refractivity contribution in [3.8, 4) is 0 Å². The molecule has 0 saturated carbocycles. The molecule has 1 aromatic carbocycles. The number of aryl methyl sites for hydroxylation is 1. The molecule has 0 aliphatic carbocycles. The maximum Gasteiger partial charge on any atom is 0.410 e. The van der Waals surface area contributed by atoms with Gasteiger partial charge in [0, 0.05) is 6.54 Å². The van der Waals surface area contributed by atoms with Crippen LogP contribution in [-0.4, -0.2) is 33.1 Å². The zero-order chi connectivity index (χ0) is 18.1. The number of imidazole rings is 1. The predicted octanol–water partition coefficient (Wildman–Crippen LogP) is 4.83. The van der Waals surface area contributed by atoms with Crippen molar-refractivity contribution >= 4 is 17.1 Å². The van der Waals surface area contributed by atoms with E-state index in [1.165, 1.54) is 5.56 Å². The van der Waals surface area contributed by atoms with Crippen molar-refractivity contribution in [3.63, 3.8) is 0 Å². The van der Waals surface area contributed by atoms with E-state index in [0.29, 0.717) is 6.54 Å². The van der Waals surface area contributed by atoms with Crippen molar-refractivity contribution in [1.82, 2.24) is 14.9 Å². The van der Waals surface area contributed by atoms with Crippen molar-refractivity contribution in [2.45, 2.75) is 60.1 Å². The lowest BCUT2D eigenvalue weighted by molar-refractivity contribution is 0.0111. The SMILES string of the molecule is CCN(C(=O)OC(C)(C)C)[C@H](c1nc2ccc(C)cc2[nH]1)C(C)C. The molecule has 1 amide bonds. The first-order chi connectivity index (χ1) is 11.1. The maximum absolute atomic E-state index is 12.6. The van der Waals surface area contributed by atoms with E-state index in [-0.39, 0.29) is 18.1 Å². The summed E-state index contributed by atoms with van der Waals surface area (Å²) in [6.07, 6.45) is -0.305. The van der Waals surface area contributed by atoms with Gasteiger partial charge in [0.25, 0.3) is 0 Å². The Morgan fingerprint density at radius 1 is 1.33 bits per heavy atom. The van der Waals surface area contributed by atoms with Gasteiger partial charge in [0.1, 0.15) is 11.4 Å². The highest BCUT2D eigenvalue weighted by Gasteiger charge is 2.32. The van der Waals surface area contributed by atoms with Gasteiger partial charge >= 0.3 is 6.09 Å². The summed E-state index contributed by atoms with van der Waals surface area (Å²) in [5.41, 5.74) is 2.58. The molecule has 1 atom stereocenters. The molecule has 5 heteroatoms. The van der Waals surface area contributed by atoms with E-state index in [4.69, 9.17) is 9.72 Å². The van der Waals surface area contributed by atoms with Gasteiger partial charge in [0.15, 0.2) is 0 Å². The van der Waals surface area contributed by atoms with E-state index in [2.05, 4.69) is 31.8 Å². The van der Waals surface area contributed by atoms with Crippen LogP contribution >= 0.6 is 0 Å². The molecule has 5 nitrogen and oxygen atoms in total. The summed E-state index contributed by atoms with van der Waals surface area (Å²) < 4.78 is 5.58. The van der Waals surface area contributed by atoms with Gasteiger partial charge in [-0.15, -0.1) is 0 Å². The molecule has 0 aliphatic rings. The molecule has 2 aromatic rings. The predicted molar refractivity (Wildman–Crippen MR) is 97.0 cm³/mol. The van der Waals surface area contributed by atoms with Gasteiger partial charge < -0.3 is 9.72 Å². The number of amides is 1. The summed E-state index contributed by atoms with van der Waals surface area (Å²) in [5.74, 6) is 1.01. The molecule has 1 heterocycles. The van der Waals surface area contributed by atoms with Crippen LogP contribution in [0.15, 0.2) is 18.2 Å². The standard InChI is InChI=1S/C19H29N3O2/c1-8-22(18(23)24-19(5,6)7)16(12(2)3)17-20-14-10-9-13(4)11-15(14)21-17/h9-12,16H,8H2,1-7H3,(H,20,21)/t16-/m0/s1. The van der Waals surface area contributed by atoms with E-state index >= 15 is 0 Å². The second-order valence-corrected chi connectivity index (χ2v) is 7.60. The van der Waals surface area contributed by atoms with Crippen LogP contribution < -0.4 is 0 Å². The minimum atomic E-state index is -0.517. The second kappa shape index (κ2) is 6.83. The summed E-state index contributed by atoms with van der Waals surface area (Å²) in [6.45, 7) is 14.4. The molecule has 0 bridgehead atoms. The largest absolute Gasteiger partial charge is 0.444 e. The molecular weight excluding hydrogens is 302 g/mol. The van der Waals surface area contributed by atoms with Crippen molar-refractivity contribution in [2.24, 2.45) is 5.92 Å². The zero-order valence-electron chi connectivity index (χ0n) is 15.8. The lowest BCUT2D eigenvalue weighted by Crippen LogP contribution is -2.41. The average molecular weight is 331 g/mol. The Hall–Kier alpha value is -2.04. The number of nitrogens with zero attached hydrogens (tertiary/aromatic N) is 2. The van der Waals surface area contributed by atoms with Gasteiger partial charge in [0.05, 0.1) is 17.1 Å². The number of aromatic nitrogens is 2. The van der Waals surface area contributed by atoms with Gasteiger partial charge in [-0.2, -0.15) is 0 Å². The number of rotatable bonds is 4. The number of hydrogen-bond donors (Lipinski definition) is 1. The summed E-state index contributed by atoms with van der Waals surface area (Å²) in [7, 11) is 0. The lowest BCUT2D eigenvalue weighted by Gasteiger charge is -2.33. The van der Waals surface area contributed by atoms with Crippen LogP contribution in [0.5, 0.6) is 0 Å². The number of ether oxygens (including phenoxy) is 1. The number of carbonyl (C=O) groups is 1. The summed E-state index contributed by atoms with van der Waals surface area (Å²) >= 11 is 0. The Kier molecular flexibility index (Phi) is 5.21. The Balaban J connectivity index is 2.40. The number of hydrogen-bond acceptors (Lipinski definition) is 3. The van der Waals surface area contributed by atoms with Crippen LogP contribution in [0, 0.1) is 12.8 Å². The van der Waals surface area contributed by atoms with Crippen molar-refractivity contribution in [3.05, 3.63) is 29.6 Å². The number of benzene rings is 1. The highest BCUT2D eigenvalue weighted by atomic mass is 16.6. The van der Waals surface area contributed by atoms with E-state index in [9.17, 15) is 4.79 Å². The van der Waals surface area contributed by atoms with Crippen molar-refractivity contribution < 1.29 is 9.53 Å². The third kappa shape index (κ3) is 4.08. The first-order valence-electron chi connectivity index (χ1n) is 8.58. The number of aromatic amines is 1. The average Bonchev–Trinajstić information content (AvgIpc) is 2.84. The first-order valence-corrected chi connectivity index (χ1v) is 8.58. The zero-order valence-corrected chi connectivity index (χ0v) is 15.8. The van der Waals surface area contributed by atoms with Gasteiger partial charge in [-0.25, -0.2) is 9.78 Å². The fourth-order valence-corrected chi connectivity index (χ4v) is 2.87. The molecule has 1 N–H and O–H groups in total. The number of H-pyrrole nitrogens is 1. The quantitative estimate of drug-likeness (QED) is 0.873. The monoisotopic (exact) mass is 331 g/mol. The highest BCUT2D eigenvalue weighted by Crippen LogP contribution is 2.29. The third-order valence-corrected chi connectivity index (χ3v) is 3.87. The maximum atomic E-state index is 12.6. The van der Waals surface area contributed by atoms with Crippen molar-refractivity contribution in [2.75, 3.05) is 6.54 Å². The Morgan fingerprint density at radius 3 is 2.54 bits per heavy atom. The van der Waals surface area contributed by atoms with E-state index < -0.39 is 5.60 Å². The van der Waals surface area contributed by atoms with Crippen LogP contribution in [0.3, 0.4) is 0 Å². The second-order valence-electron chi connectivity index (χ2n) is 7.60. The van der Waals surface area contributed by atoms with Crippen LogP contribution in [-0.2, 0) is 4.74 Å². The Bertz CT molecular complexity index is 713. The Morgan fingerprint density at radius 2 is 2.00 bits per heavy atom. The molecule has 2 rings (SSSR count). The summed E-state index contributed by atoms with van der Waals surface area (Å²) in [6, 6.07) is 5.97. The molecular formula is C19H29N3O2. The van der Waals surface area contributed by atoms with Crippen molar-refractivity contribution in [1.29, 1.82) is 0 Å². The molecule has 0 fully saturated rings. The van der Waals surface area contributed by atoms with E-state index in [1.807, 2.05) is 39.8 Å². The Labute approximate surface area is 144 Å². The van der Waals surface area contributed by atoms with E-state index in [1.54, 1.807) is 4.90 Å². The van der Waals surface area contributed by atoms with Gasteiger partial charge in [-0.1, -0.05) is 19.9 Å². The lowest BCUT2D eigenvalue weighted by atomic mass is 10.0. The molecule has 0 unspecified atom stereocenters. The third-order valence-electron chi connectivity index (χ3n) is 3.87. The first kappa shape index (κ1) is 18.3. The molecule has 1 aromatic heterocycles. The fraction of sp³-hybridized carbons (Fsp3) is 0.579. The van der Waals surface area contributed by atoms with Crippen LogP contribution in [0.2, 0.25) is 0 Å². The summed E-state index contributed by atoms with van der Waals surface area (Å²) in [4.78, 5) is 22.5. The normalized spacial score (nSPS) is 13.3. The number of nitrogens with one attached hydrogen (secondary N) is 1. The molecule has 0 saturated heterocycles. The molecule has 0 aliphatic heterocycles. The minimum Gasteiger partial charge on any atom is -0.444 e. The fourth-order valence-electron chi connectivity index (χ4n) is 2.87. The summed E-state index contributed by atoms with van der Waals surface area (Å²) in [5, 5.41) is 0. The van der Waals surface area contributed by atoms with Crippen LogP contribution in [0.4, 0.5) is 4.79 Å². The van der Waals surface area contributed by atoms with Gasteiger partial charge in [-0.3, -0.25) is 4.90 Å². The molecule has 24 heavy (non-hydrogen) atoms. The molecule has 0 spiro atoms. The molecule has 0 radical (unpaired) electrons. The van der Waals surface area contributed by atoms with Crippen LogP contribution in [0.1, 0.15) is 59.0 Å². The van der Waals surface area contributed by atoms with Gasteiger partial charge in [0.2, 0.25) is 0 Å². The van der Waals surface area contributed by atoms with Crippen LogP contribution in [0.25, 0.3) is 11.0 Å². The highest BCUT2D eigenvalue weighted by molar-refractivity contribution is 5.76.